The second-order valence-corrected chi connectivity index (χ2v) is 6.28. The molecule has 0 aromatic heterocycles. The summed E-state index contributed by atoms with van der Waals surface area (Å²) < 4.78 is 4.22. The summed E-state index contributed by atoms with van der Waals surface area (Å²) in [6.07, 6.45) is 0. The molecule has 0 aliphatic rings. The van der Waals surface area contributed by atoms with Gasteiger partial charge in [-0.2, -0.15) is 5.53 Å². The summed E-state index contributed by atoms with van der Waals surface area (Å²) in [7, 11) is 0. The van der Waals surface area contributed by atoms with Gasteiger partial charge in [-0.25, -0.2) is 0 Å². The summed E-state index contributed by atoms with van der Waals surface area (Å²) in [6, 6.07) is 15.6. The first-order chi connectivity index (χ1) is 9.12. The number of nitrogen functional groups attached to an aromatic ring is 1. The molecule has 0 aliphatic heterocycles. The minimum atomic E-state index is -0.630. The Morgan fingerprint density at radius 1 is 1.05 bits per heavy atom. The number of anilines is 1. The number of nitrogens with two attached hydrogens (primary N) is 1. The van der Waals surface area contributed by atoms with Crippen molar-refractivity contribution in [3.8, 4) is 0 Å². The highest BCUT2D eigenvalue weighted by Crippen LogP contribution is 2.42. The second-order valence-electron chi connectivity index (χ2n) is 4.20. The normalized spacial score (nSPS) is 13.7. The van der Waals surface area contributed by atoms with Crippen LogP contribution in [0, 0.1) is 12.5 Å². The number of hydrogen-bond donors (Lipinski definition) is 2. The summed E-state index contributed by atoms with van der Waals surface area (Å²) in [5.41, 5.74) is 17.1. The van der Waals surface area contributed by atoms with Gasteiger partial charge in [0.15, 0.2) is 32.4 Å². The minimum Gasteiger partial charge on any atom is -0.399 e. The maximum Gasteiger partial charge on any atom is 0.182 e. The maximum absolute atomic E-state index is 7.64. The molecule has 3 N–H and O–H groups in total. The third kappa shape index (κ3) is 2.57. The first kappa shape index (κ1) is 13.8. The third-order valence-corrected chi connectivity index (χ3v) is 5.24. The van der Waals surface area contributed by atoms with E-state index in [-0.39, 0.29) is 2.81 Å². The topological polar surface area (TPSA) is 62.2 Å². The minimum absolute atomic E-state index is 0.152. The molecule has 1 atom stereocenters. The third-order valence-electron chi connectivity index (χ3n) is 2.92. The average molecular weight is 367 g/mol. The first-order valence-corrected chi connectivity index (χ1v) is 8.23. The van der Waals surface area contributed by atoms with E-state index in [1.165, 1.54) is 5.56 Å². The number of rotatable bonds is 4. The van der Waals surface area contributed by atoms with Gasteiger partial charge in [-0.3, -0.25) is 0 Å². The van der Waals surface area contributed by atoms with Gasteiger partial charge in [-0.05, 0) is 23.6 Å². The molecule has 0 amide bonds. The molecule has 2 aromatic rings. The average Bonchev–Trinajstić information content (AvgIpc) is 2.44. The van der Waals surface area contributed by atoms with Gasteiger partial charge in [0, 0.05) is 35.2 Å². The summed E-state index contributed by atoms with van der Waals surface area (Å²) in [6.45, 7) is 2.04. The van der Waals surface area contributed by atoms with Gasteiger partial charge in [0.25, 0.3) is 0 Å². The van der Waals surface area contributed by atoms with Crippen LogP contribution in [0.2, 0.25) is 0 Å². The Hall–Kier alpha value is -1.60. The fourth-order valence-corrected chi connectivity index (χ4v) is 3.43. The highest BCUT2D eigenvalue weighted by atomic mass is 127. The van der Waals surface area contributed by atoms with Crippen LogP contribution in [0.15, 0.2) is 53.8 Å². The van der Waals surface area contributed by atoms with Gasteiger partial charge in [-0.15, -0.1) is 0 Å². The zero-order valence-electron chi connectivity index (χ0n) is 10.7. The summed E-state index contributed by atoms with van der Waals surface area (Å²) in [5, 5.41) is 3.87. The van der Waals surface area contributed by atoms with Gasteiger partial charge in [0.05, 0.1) is 0 Å². The quantitative estimate of drug-likeness (QED) is 0.270. The van der Waals surface area contributed by atoms with Crippen LogP contribution in [0.5, 0.6) is 0 Å². The Kier molecular flexibility index (Phi) is 4.06. The first-order valence-electron chi connectivity index (χ1n) is 5.74. The van der Waals surface area contributed by atoms with E-state index in [1.54, 1.807) is 0 Å². The van der Waals surface area contributed by atoms with E-state index in [0.717, 1.165) is 11.4 Å². The Morgan fingerprint density at radius 2 is 1.53 bits per heavy atom. The van der Waals surface area contributed by atoms with Crippen molar-refractivity contribution in [3.63, 3.8) is 0 Å². The second kappa shape index (κ2) is 5.58. The highest BCUT2D eigenvalue weighted by molar-refractivity contribution is 14.2. The van der Waals surface area contributed by atoms with Crippen molar-refractivity contribution in [2.45, 2.75) is 6.92 Å². The molecule has 0 aliphatic carbocycles. The van der Waals surface area contributed by atoms with Crippen LogP contribution in [-0.2, 0) is 0 Å². The van der Waals surface area contributed by atoms with E-state index in [4.69, 9.17) is 11.3 Å². The summed E-state index contributed by atoms with van der Waals surface area (Å²) >= 11 is -0.630. The van der Waals surface area contributed by atoms with Gasteiger partial charge in [0.1, 0.15) is 0 Å². The fraction of sp³-hybridized carbons (Fsp3) is 0.0714. The molecular weight excluding hydrogens is 351 g/mol. The SMILES string of the molecule is C=I[N+](N=N)(c1ccc(C)cc1)c1ccc(N)cc1. The molecule has 0 fully saturated rings. The fourth-order valence-electron chi connectivity index (χ4n) is 1.84. The molecule has 0 saturated heterocycles. The van der Waals surface area contributed by atoms with Gasteiger partial charge in [-0.1, -0.05) is 20.5 Å². The molecule has 2 rings (SSSR count). The lowest BCUT2D eigenvalue weighted by Crippen LogP contribution is -2.25. The van der Waals surface area contributed by atoms with Gasteiger partial charge >= 0.3 is 0 Å². The van der Waals surface area contributed by atoms with Crippen molar-refractivity contribution in [1.29, 1.82) is 5.53 Å². The zero-order valence-corrected chi connectivity index (χ0v) is 12.8. The number of nitrogens with zero attached hydrogens (tertiary/aromatic N) is 2. The maximum atomic E-state index is 7.64. The Morgan fingerprint density at radius 3 is 1.95 bits per heavy atom. The zero-order chi connectivity index (χ0) is 13.9. The van der Waals surface area contributed by atoms with Crippen molar-refractivity contribution in [3.05, 3.63) is 54.1 Å². The summed E-state index contributed by atoms with van der Waals surface area (Å²) in [5.74, 6) is 0. The van der Waals surface area contributed by atoms with Crippen LogP contribution >= 0.6 is 21.0 Å². The van der Waals surface area contributed by atoms with E-state index >= 15 is 0 Å². The molecule has 0 heterocycles. The number of benzene rings is 2. The molecule has 0 bridgehead atoms. The number of aryl methyl sites for hydroxylation is 1. The van der Waals surface area contributed by atoms with E-state index in [0.29, 0.717) is 5.69 Å². The van der Waals surface area contributed by atoms with E-state index in [9.17, 15) is 0 Å². The molecule has 5 heteroatoms. The van der Waals surface area contributed by atoms with Crippen LogP contribution in [0.3, 0.4) is 0 Å². The molecule has 98 valence electrons. The largest absolute Gasteiger partial charge is 0.399 e. The molecular formula is C14H16IN4+. The summed E-state index contributed by atoms with van der Waals surface area (Å²) in [4.78, 5) is 0. The van der Waals surface area contributed by atoms with Crippen molar-refractivity contribution < 1.29 is 0 Å². The van der Waals surface area contributed by atoms with Crippen molar-refractivity contribution in [2.75, 3.05) is 5.73 Å². The Labute approximate surface area is 123 Å². The number of nitrogens with one attached hydrogen (secondary N) is 1. The van der Waals surface area contributed by atoms with Crippen LogP contribution in [0.25, 0.3) is 0 Å². The molecule has 4 nitrogen and oxygen atoms in total. The lowest BCUT2D eigenvalue weighted by atomic mass is 10.2. The molecule has 2 aromatic carbocycles. The lowest BCUT2D eigenvalue weighted by molar-refractivity contribution is 0.630. The van der Waals surface area contributed by atoms with E-state index < -0.39 is 21.0 Å². The number of quaternary nitrogens is 1. The Bertz CT molecular complexity index is 534. The van der Waals surface area contributed by atoms with Crippen molar-refractivity contribution >= 4 is 42.6 Å². The van der Waals surface area contributed by atoms with Crippen molar-refractivity contribution in [1.82, 2.24) is 2.81 Å². The molecule has 1 unspecified atom stereocenters. The monoisotopic (exact) mass is 367 g/mol. The number of hydrogen-bond acceptors (Lipinski definition) is 3. The lowest BCUT2D eigenvalue weighted by Gasteiger charge is -2.23. The number of halogens is 1. The molecule has 0 saturated carbocycles. The van der Waals surface area contributed by atoms with Gasteiger partial charge < -0.3 is 5.73 Å². The Balaban J connectivity index is 2.60. The van der Waals surface area contributed by atoms with Crippen LogP contribution in [0.4, 0.5) is 17.1 Å². The highest BCUT2D eigenvalue weighted by Gasteiger charge is 2.32. The molecule has 0 radical (unpaired) electrons. The van der Waals surface area contributed by atoms with Crippen LogP contribution < -0.4 is 8.54 Å². The van der Waals surface area contributed by atoms with Crippen LogP contribution in [0.1, 0.15) is 5.56 Å². The standard InChI is InChI=1S/C14H16IN4/c1-11-3-7-13(8-4-11)19(15-2,18-17)14-9-5-12(16)6-10-14/h3-10,17H,2,16H2,1H3/q+1. The molecule has 19 heavy (non-hydrogen) atoms. The van der Waals surface area contributed by atoms with Gasteiger partial charge in [0.2, 0.25) is 0 Å². The smallest absolute Gasteiger partial charge is 0.182 e. The predicted molar refractivity (Wildman–Crippen MR) is 89.8 cm³/mol. The van der Waals surface area contributed by atoms with Crippen LogP contribution in [-0.4, -0.2) is 4.51 Å². The van der Waals surface area contributed by atoms with Crippen molar-refractivity contribution in [2.24, 2.45) is 5.22 Å². The van der Waals surface area contributed by atoms with E-state index in [1.807, 2.05) is 55.5 Å². The predicted octanol–water partition coefficient (Wildman–Crippen LogP) is 4.48. The molecule has 0 spiro atoms. The van der Waals surface area contributed by atoms with E-state index in [2.05, 4.69) is 9.74 Å².